The van der Waals surface area contributed by atoms with E-state index >= 15 is 0 Å². The number of hydrogen-bond acceptors (Lipinski definition) is 1. The standard InChI is InChI=1S/C14H20N.Y/c1-8-9(2)11(4)14-12(5)15-7-6-13(14)10(8)3;/h12,15H,5-7H2,1-4H3;/q-1;/t12-;/m1./s1. The number of nitrogens with one attached hydrogen (secondary N) is 1. The van der Waals surface area contributed by atoms with E-state index in [1.165, 1.54) is 33.4 Å². The second-order valence-corrected chi connectivity index (χ2v) is 4.65. The second kappa shape index (κ2) is 5.29. The minimum atomic E-state index is 0. The molecule has 1 atom stereocenters. The van der Waals surface area contributed by atoms with E-state index in [9.17, 15) is 0 Å². The van der Waals surface area contributed by atoms with E-state index in [1.807, 2.05) is 0 Å². The third kappa shape index (κ3) is 2.14. The molecule has 1 nitrogen and oxygen atoms in total. The Morgan fingerprint density at radius 2 is 1.56 bits per heavy atom. The van der Waals surface area contributed by atoms with E-state index in [0.717, 1.165) is 13.0 Å². The first kappa shape index (κ1) is 14.3. The van der Waals surface area contributed by atoms with Gasteiger partial charge in [0, 0.05) is 32.7 Å². The molecule has 85 valence electrons. The van der Waals surface area contributed by atoms with Crippen molar-refractivity contribution >= 4 is 0 Å². The van der Waals surface area contributed by atoms with Gasteiger partial charge in [-0.15, -0.1) is 0 Å². The van der Waals surface area contributed by atoms with Crippen LogP contribution in [0.3, 0.4) is 0 Å². The molecule has 1 aromatic rings. The van der Waals surface area contributed by atoms with E-state index in [0.29, 0.717) is 0 Å². The summed E-state index contributed by atoms with van der Waals surface area (Å²) in [5.41, 5.74) is 8.78. The molecular weight excluding hydrogens is 271 g/mol. The minimum Gasteiger partial charge on any atom is -0.339 e. The summed E-state index contributed by atoms with van der Waals surface area (Å²) >= 11 is 0. The molecule has 0 saturated heterocycles. The van der Waals surface area contributed by atoms with Crippen LogP contribution in [0.15, 0.2) is 0 Å². The van der Waals surface area contributed by atoms with Gasteiger partial charge in [-0.25, -0.2) is 0 Å². The SMILES string of the molecule is [CH2-][C@H]1NCCc2c(C)c(C)c(C)c(C)c21.[Y]. The molecule has 16 heavy (non-hydrogen) atoms. The molecule has 0 saturated carbocycles. The maximum absolute atomic E-state index is 4.20. The van der Waals surface area contributed by atoms with Crippen molar-refractivity contribution in [2.24, 2.45) is 0 Å². The Morgan fingerprint density at radius 3 is 2.19 bits per heavy atom. The van der Waals surface area contributed by atoms with Crippen LogP contribution in [0.1, 0.15) is 39.4 Å². The van der Waals surface area contributed by atoms with Crippen LogP contribution >= 0.6 is 0 Å². The first-order valence-corrected chi connectivity index (χ1v) is 5.69. The average Bonchev–Trinajstić information content (AvgIpc) is 2.23. The van der Waals surface area contributed by atoms with Gasteiger partial charge >= 0.3 is 0 Å². The topological polar surface area (TPSA) is 12.0 Å². The van der Waals surface area contributed by atoms with Crippen molar-refractivity contribution in [2.45, 2.75) is 40.2 Å². The Hall–Kier alpha value is 0.284. The summed E-state index contributed by atoms with van der Waals surface area (Å²) in [6.07, 6.45) is 1.15. The summed E-state index contributed by atoms with van der Waals surface area (Å²) in [4.78, 5) is 0. The zero-order valence-corrected chi connectivity index (χ0v) is 13.6. The number of benzene rings is 1. The Labute approximate surface area is 124 Å². The van der Waals surface area contributed by atoms with Gasteiger partial charge in [0.2, 0.25) is 0 Å². The zero-order chi connectivity index (χ0) is 11.2. The Bertz CT molecular complexity index is 410. The number of fused-ring (bicyclic) bond motifs is 1. The third-order valence-corrected chi connectivity index (χ3v) is 3.98. The predicted molar refractivity (Wildman–Crippen MR) is 65.2 cm³/mol. The molecule has 0 aromatic heterocycles. The van der Waals surface area contributed by atoms with Crippen LogP contribution in [-0.4, -0.2) is 6.54 Å². The van der Waals surface area contributed by atoms with Crippen LogP contribution in [0.5, 0.6) is 0 Å². The fraction of sp³-hybridized carbons (Fsp3) is 0.500. The fourth-order valence-corrected chi connectivity index (χ4v) is 2.69. The van der Waals surface area contributed by atoms with Crippen molar-refractivity contribution in [1.29, 1.82) is 0 Å². The first-order chi connectivity index (χ1) is 7.04. The molecule has 1 aliphatic rings. The van der Waals surface area contributed by atoms with Crippen molar-refractivity contribution in [3.05, 3.63) is 40.3 Å². The van der Waals surface area contributed by atoms with Crippen molar-refractivity contribution < 1.29 is 32.7 Å². The summed E-state index contributed by atoms with van der Waals surface area (Å²) < 4.78 is 0. The molecule has 0 bridgehead atoms. The van der Waals surface area contributed by atoms with Crippen molar-refractivity contribution in [3.8, 4) is 0 Å². The van der Waals surface area contributed by atoms with Gasteiger partial charge in [-0.05, 0) is 68.5 Å². The molecule has 1 heterocycles. The minimum absolute atomic E-state index is 0. The molecule has 1 N–H and O–H groups in total. The van der Waals surface area contributed by atoms with Crippen molar-refractivity contribution in [3.63, 3.8) is 0 Å². The largest absolute Gasteiger partial charge is 0.339 e. The van der Waals surface area contributed by atoms with E-state index in [1.54, 1.807) is 0 Å². The molecule has 1 aromatic carbocycles. The molecule has 0 spiro atoms. The van der Waals surface area contributed by atoms with Crippen LogP contribution in [0, 0.1) is 34.6 Å². The second-order valence-electron chi connectivity index (χ2n) is 4.65. The van der Waals surface area contributed by atoms with E-state index in [2.05, 4.69) is 39.9 Å². The maximum Gasteiger partial charge on any atom is 0 e. The quantitative estimate of drug-likeness (QED) is 0.725. The average molecular weight is 291 g/mol. The summed E-state index contributed by atoms with van der Waals surface area (Å²) in [6.45, 7) is 14.2. The number of rotatable bonds is 0. The van der Waals surface area contributed by atoms with Gasteiger partial charge in [-0.2, -0.15) is 0 Å². The maximum atomic E-state index is 4.20. The summed E-state index contributed by atoms with van der Waals surface area (Å²) in [5.74, 6) is 0. The van der Waals surface area contributed by atoms with Gasteiger partial charge in [-0.1, -0.05) is 11.6 Å². The van der Waals surface area contributed by atoms with E-state index in [-0.39, 0.29) is 38.8 Å². The Kier molecular flexibility index (Phi) is 4.74. The van der Waals surface area contributed by atoms with Gasteiger partial charge in [0.15, 0.2) is 0 Å². The summed E-state index contributed by atoms with van der Waals surface area (Å²) in [5, 5.41) is 3.44. The van der Waals surface area contributed by atoms with Gasteiger partial charge < -0.3 is 12.2 Å². The molecule has 0 unspecified atom stereocenters. The van der Waals surface area contributed by atoms with E-state index < -0.39 is 0 Å². The van der Waals surface area contributed by atoms with Gasteiger partial charge in [-0.3, -0.25) is 0 Å². The van der Waals surface area contributed by atoms with Crippen molar-refractivity contribution in [1.82, 2.24) is 5.32 Å². The monoisotopic (exact) mass is 291 g/mol. The van der Waals surface area contributed by atoms with Crippen LogP contribution in [0.25, 0.3) is 0 Å². The molecule has 0 aliphatic carbocycles. The predicted octanol–water partition coefficient (Wildman–Crippen LogP) is 2.94. The molecular formula is C14H20NY-. The normalized spacial score (nSPS) is 18.9. The third-order valence-electron chi connectivity index (χ3n) is 3.98. The molecule has 1 aliphatic heterocycles. The van der Waals surface area contributed by atoms with Crippen LogP contribution in [-0.2, 0) is 39.1 Å². The molecule has 0 amide bonds. The van der Waals surface area contributed by atoms with Gasteiger partial charge in [0.25, 0.3) is 0 Å². The molecule has 2 rings (SSSR count). The fourth-order valence-electron chi connectivity index (χ4n) is 2.69. The van der Waals surface area contributed by atoms with Crippen LogP contribution < -0.4 is 5.32 Å². The zero-order valence-electron chi connectivity index (χ0n) is 10.8. The van der Waals surface area contributed by atoms with Gasteiger partial charge in [0.1, 0.15) is 0 Å². The molecule has 0 fully saturated rings. The Balaban J connectivity index is 0.00000128. The van der Waals surface area contributed by atoms with Gasteiger partial charge in [0.05, 0.1) is 0 Å². The molecule has 2 heteroatoms. The summed E-state index contributed by atoms with van der Waals surface area (Å²) in [6, 6.07) is 0.270. The number of hydrogen-bond donors (Lipinski definition) is 1. The Morgan fingerprint density at radius 1 is 1.00 bits per heavy atom. The molecule has 1 radical (unpaired) electrons. The van der Waals surface area contributed by atoms with Crippen LogP contribution in [0.4, 0.5) is 0 Å². The smallest absolute Gasteiger partial charge is 0 e. The summed E-state index contributed by atoms with van der Waals surface area (Å²) in [7, 11) is 0. The van der Waals surface area contributed by atoms with Crippen molar-refractivity contribution in [2.75, 3.05) is 6.54 Å². The first-order valence-electron chi connectivity index (χ1n) is 5.69. The van der Waals surface area contributed by atoms with Crippen LogP contribution in [0.2, 0.25) is 0 Å². The van der Waals surface area contributed by atoms with E-state index in [4.69, 9.17) is 0 Å².